The number of pyridine rings is 3. The Balaban J connectivity index is 1.26. The predicted molar refractivity (Wildman–Crippen MR) is 192 cm³/mol. The normalized spacial score (nSPS) is 11.5. The molecule has 0 N–H and O–H groups in total. The molecule has 0 aliphatic heterocycles. The molecule has 0 aliphatic rings. The average molecular weight is 586 g/mol. The van der Waals surface area contributed by atoms with Crippen molar-refractivity contribution in [1.29, 1.82) is 0 Å². The third-order valence-corrected chi connectivity index (χ3v) is 8.95. The summed E-state index contributed by atoms with van der Waals surface area (Å²) in [5.41, 5.74) is 11.9. The zero-order valence-corrected chi connectivity index (χ0v) is 24.9. The van der Waals surface area contributed by atoms with E-state index in [9.17, 15) is 0 Å². The van der Waals surface area contributed by atoms with E-state index in [-0.39, 0.29) is 0 Å². The highest BCUT2D eigenvalue weighted by Crippen LogP contribution is 2.41. The molecule has 0 fully saturated rings. The van der Waals surface area contributed by atoms with Gasteiger partial charge in [-0.25, -0.2) is 0 Å². The molecule has 3 nitrogen and oxygen atoms in total. The molecule has 6 aromatic carbocycles. The molecular formula is C43H27N3. The molecule has 46 heavy (non-hydrogen) atoms. The SMILES string of the molecule is c1ccc(-c2cc(-c3cnc4c(ccc5cccnc54)c3)ccc2-c2cnc3ccccc3c2)c(-c2ccc3ccccc3c2)c1. The first-order valence-electron chi connectivity index (χ1n) is 15.5. The fourth-order valence-corrected chi connectivity index (χ4v) is 6.64. The van der Waals surface area contributed by atoms with Crippen molar-refractivity contribution in [3.05, 3.63) is 164 Å². The van der Waals surface area contributed by atoms with E-state index in [1.165, 1.54) is 27.5 Å². The van der Waals surface area contributed by atoms with E-state index in [4.69, 9.17) is 9.97 Å². The minimum atomic E-state index is 0.919. The van der Waals surface area contributed by atoms with E-state index in [1.54, 1.807) is 0 Å². The van der Waals surface area contributed by atoms with E-state index >= 15 is 0 Å². The molecule has 0 amide bonds. The lowest BCUT2D eigenvalue weighted by Gasteiger charge is -2.17. The van der Waals surface area contributed by atoms with Gasteiger partial charge in [-0.3, -0.25) is 15.0 Å². The van der Waals surface area contributed by atoms with Crippen molar-refractivity contribution in [3.8, 4) is 44.5 Å². The van der Waals surface area contributed by atoms with E-state index < -0.39 is 0 Å². The second-order valence-electron chi connectivity index (χ2n) is 11.7. The molecule has 0 saturated carbocycles. The largest absolute Gasteiger partial charge is 0.256 e. The first-order valence-corrected chi connectivity index (χ1v) is 15.5. The van der Waals surface area contributed by atoms with Gasteiger partial charge in [0, 0.05) is 45.9 Å². The highest BCUT2D eigenvalue weighted by Gasteiger charge is 2.16. The number of rotatable bonds is 4. The first kappa shape index (κ1) is 26.2. The number of hydrogen-bond donors (Lipinski definition) is 0. The topological polar surface area (TPSA) is 38.7 Å². The Morgan fingerprint density at radius 2 is 0.935 bits per heavy atom. The van der Waals surface area contributed by atoms with Crippen molar-refractivity contribution in [2.45, 2.75) is 0 Å². The maximum atomic E-state index is 4.92. The molecule has 214 valence electrons. The fraction of sp³-hybridized carbons (Fsp3) is 0. The van der Waals surface area contributed by atoms with Crippen LogP contribution in [0.1, 0.15) is 0 Å². The highest BCUT2D eigenvalue weighted by atomic mass is 14.7. The van der Waals surface area contributed by atoms with Gasteiger partial charge in [0.25, 0.3) is 0 Å². The van der Waals surface area contributed by atoms with Crippen LogP contribution >= 0.6 is 0 Å². The Hall–Kier alpha value is -6.19. The van der Waals surface area contributed by atoms with Crippen LogP contribution in [-0.4, -0.2) is 15.0 Å². The second kappa shape index (κ2) is 10.8. The lowest BCUT2D eigenvalue weighted by molar-refractivity contribution is 1.37. The summed E-state index contributed by atoms with van der Waals surface area (Å²) < 4.78 is 0. The summed E-state index contributed by atoms with van der Waals surface area (Å²) in [4.78, 5) is 14.4. The van der Waals surface area contributed by atoms with E-state index in [1.807, 2.05) is 30.7 Å². The molecule has 0 unspecified atom stereocenters. The van der Waals surface area contributed by atoms with Crippen LogP contribution in [0.2, 0.25) is 0 Å². The van der Waals surface area contributed by atoms with Crippen molar-refractivity contribution in [2.24, 2.45) is 0 Å². The smallest absolute Gasteiger partial charge is 0.0964 e. The van der Waals surface area contributed by atoms with Crippen molar-refractivity contribution in [1.82, 2.24) is 15.0 Å². The number of nitrogens with zero attached hydrogens (tertiary/aromatic N) is 3. The number of hydrogen-bond acceptors (Lipinski definition) is 3. The van der Waals surface area contributed by atoms with Crippen LogP contribution in [0.15, 0.2) is 164 Å². The Labute approximate surface area is 266 Å². The number of benzene rings is 6. The Bertz CT molecular complexity index is 2600. The molecule has 0 atom stereocenters. The van der Waals surface area contributed by atoms with Crippen molar-refractivity contribution < 1.29 is 0 Å². The molecule has 0 bridgehead atoms. The summed E-state index contributed by atoms with van der Waals surface area (Å²) in [6.45, 7) is 0. The summed E-state index contributed by atoms with van der Waals surface area (Å²) in [6.07, 6.45) is 5.80. The van der Waals surface area contributed by atoms with E-state index in [0.717, 1.165) is 60.5 Å². The van der Waals surface area contributed by atoms with Crippen LogP contribution in [0, 0.1) is 0 Å². The van der Waals surface area contributed by atoms with Crippen molar-refractivity contribution >= 4 is 43.5 Å². The van der Waals surface area contributed by atoms with Crippen LogP contribution in [0.25, 0.3) is 88.0 Å². The summed E-state index contributed by atoms with van der Waals surface area (Å²) in [6, 6.07) is 51.8. The third kappa shape index (κ3) is 4.49. The molecule has 0 saturated heterocycles. The van der Waals surface area contributed by atoms with Crippen molar-refractivity contribution in [2.75, 3.05) is 0 Å². The molecular weight excluding hydrogens is 558 g/mol. The predicted octanol–water partition coefficient (Wildman–Crippen LogP) is 11.2. The number of para-hydroxylation sites is 1. The molecule has 3 aromatic heterocycles. The van der Waals surface area contributed by atoms with Gasteiger partial charge in [0.2, 0.25) is 0 Å². The molecule has 9 rings (SSSR count). The Kier molecular flexibility index (Phi) is 6.14. The van der Waals surface area contributed by atoms with Crippen LogP contribution in [0.5, 0.6) is 0 Å². The van der Waals surface area contributed by atoms with Gasteiger partial charge in [0.1, 0.15) is 0 Å². The average Bonchev–Trinajstić information content (AvgIpc) is 3.14. The fourth-order valence-electron chi connectivity index (χ4n) is 6.64. The zero-order chi connectivity index (χ0) is 30.5. The Morgan fingerprint density at radius 1 is 0.304 bits per heavy atom. The minimum Gasteiger partial charge on any atom is -0.256 e. The number of aromatic nitrogens is 3. The summed E-state index contributed by atoms with van der Waals surface area (Å²) >= 11 is 0. The van der Waals surface area contributed by atoms with Gasteiger partial charge >= 0.3 is 0 Å². The second-order valence-corrected chi connectivity index (χ2v) is 11.7. The van der Waals surface area contributed by atoms with Crippen LogP contribution in [-0.2, 0) is 0 Å². The van der Waals surface area contributed by atoms with Gasteiger partial charge in [0.05, 0.1) is 16.6 Å². The monoisotopic (exact) mass is 585 g/mol. The molecule has 3 heterocycles. The lowest BCUT2D eigenvalue weighted by atomic mass is 9.87. The maximum absolute atomic E-state index is 4.92. The maximum Gasteiger partial charge on any atom is 0.0964 e. The van der Waals surface area contributed by atoms with Gasteiger partial charge in [-0.05, 0) is 80.6 Å². The minimum absolute atomic E-state index is 0.919. The standard InChI is InChI=1S/C43H27N3/c1-2-9-30-22-32(17-15-28(30)8-1)37-12-4-5-13-39(37)40-25-31(19-20-38(40)36-23-33-10-3-6-14-41(33)45-27-36)35-24-34-18-16-29-11-7-21-44-42(29)43(34)46-26-35/h1-27H. The van der Waals surface area contributed by atoms with Crippen LogP contribution in [0.3, 0.4) is 0 Å². The highest BCUT2D eigenvalue weighted by molar-refractivity contribution is 6.04. The first-order chi connectivity index (χ1) is 22.8. The quantitative estimate of drug-likeness (QED) is 0.193. The van der Waals surface area contributed by atoms with Crippen molar-refractivity contribution in [3.63, 3.8) is 0 Å². The Morgan fingerprint density at radius 3 is 1.87 bits per heavy atom. The lowest BCUT2D eigenvalue weighted by Crippen LogP contribution is -1.92. The van der Waals surface area contributed by atoms with E-state index in [2.05, 4.69) is 138 Å². The molecule has 3 heteroatoms. The molecule has 0 spiro atoms. The third-order valence-electron chi connectivity index (χ3n) is 8.95. The molecule has 9 aromatic rings. The molecule has 0 radical (unpaired) electrons. The van der Waals surface area contributed by atoms with Crippen LogP contribution in [0.4, 0.5) is 0 Å². The van der Waals surface area contributed by atoms with Gasteiger partial charge in [-0.15, -0.1) is 0 Å². The van der Waals surface area contributed by atoms with Crippen LogP contribution < -0.4 is 0 Å². The van der Waals surface area contributed by atoms with Gasteiger partial charge < -0.3 is 0 Å². The van der Waals surface area contributed by atoms with Gasteiger partial charge in [0.15, 0.2) is 0 Å². The zero-order valence-electron chi connectivity index (χ0n) is 24.9. The summed E-state index contributed by atoms with van der Waals surface area (Å²) in [5, 5.41) is 5.76. The van der Waals surface area contributed by atoms with E-state index in [0.29, 0.717) is 0 Å². The van der Waals surface area contributed by atoms with Gasteiger partial charge in [-0.1, -0.05) is 109 Å². The number of fused-ring (bicyclic) bond motifs is 5. The molecule has 0 aliphatic carbocycles. The van der Waals surface area contributed by atoms with Gasteiger partial charge in [-0.2, -0.15) is 0 Å². The summed E-state index contributed by atoms with van der Waals surface area (Å²) in [7, 11) is 0. The summed E-state index contributed by atoms with van der Waals surface area (Å²) in [5.74, 6) is 0.